The Labute approximate surface area is 114 Å². The van der Waals surface area contributed by atoms with Gasteiger partial charge in [0.2, 0.25) is 0 Å². The third-order valence-electron chi connectivity index (χ3n) is 5.51. The number of fused-ring (bicyclic) bond motifs is 2. The van der Waals surface area contributed by atoms with E-state index in [4.69, 9.17) is 0 Å². The fourth-order valence-electron chi connectivity index (χ4n) is 4.51. The molecule has 0 aromatic rings. The highest BCUT2D eigenvalue weighted by Gasteiger charge is 2.58. The van der Waals surface area contributed by atoms with Gasteiger partial charge < -0.3 is 5.32 Å². The van der Waals surface area contributed by atoms with Gasteiger partial charge in [0.1, 0.15) is 0 Å². The van der Waals surface area contributed by atoms with E-state index in [9.17, 15) is 13.2 Å². The molecule has 0 aliphatic heterocycles. The van der Waals surface area contributed by atoms with Gasteiger partial charge in [0.25, 0.3) is 0 Å². The monoisotopic (exact) mass is 277 g/mol. The highest BCUT2D eigenvalue weighted by Crippen LogP contribution is 2.62. The van der Waals surface area contributed by atoms with Crippen molar-refractivity contribution in [2.45, 2.75) is 71.5 Å². The van der Waals surface area contributed by atoms with Gasteiger partial charge in [-0.1, -0.05) is 20.8 Å². The van der Waals surface area contributed by atoms with Gasteiger partial charge in [-0.2, -0.15) is 13.2 Å². The Morgan fingerprint density at radius 2 is 1.84 bits per heavy atom. The third kappa shape index (κ3) is 3.09. The van der Waals surface area contributed by atoms with Crippen LogP contribution in [0.15, 0.2) is 0 Å². The number of nitrogens with one attached hydrogen (secondary N) is 1. The molecule has 2 saturated carbocycles. The zero-order valence-electron chi connectivity index (χ0n) is 12.2. The van der Waals surface area contributed by atoms with Crippen LogP contribution in [0, 0.1) is 16.7 Å². The van der Waals surface area contributed by atoms with Crippen molar-refractivity contribution in [3.8, 4) is 0 Å². The Kier molecular flexibility index (Phi) is 3.94. The summed E-state index contributed by atoms with van der Waals surface area (Å²) >= 11 is 0. The Morgan fingerprint density at radius 3 is 2.37 bits per heavy atom. The molecule has 0 saturated heterocycles. The first-order valence-corrected chi connectivity index (χ1v) is 7.45. The van der Waals surface area contributed by atoms with E-state index >= 15 is 0 Å². The van der Waals surface area contributed by atoms with Gasteiger partial charge in [-0.15, -0.1) is 0 Å². The number of unbranched alkanes of at least 4 members (excludes halogenated alkanes) is 1. The smallest absolute Gasteiger partial charge is 0.313 e. The van der Waals surface area contributed by atoms with E-state index in [-0.39, 0.29) is 11.8 Å². The lowest BCUT2D eigenvalue weighted by Gasteiger charge is -2.43. The first-order valence-electron chi connectivity index (χ1n) is 7.45. The van der Waals surface area contributed by atoms with Crippen molar-refractivity contribution in [2.24, 2.45) is 16.7 Å². The topological polar surface area (TPSA) is 12.0 Å². The van der Waals surface area contributed by atoms with E-state index in [2.05, 4.69) is 26.1 Å². The Bertz CT molecular complexity index is 319. The fraction of sp³-hybridized carbons (Fsp3) is 1.00. The van der Waals surface area contributed by atoms with Gasteiger partial charge in [0.15, 0.2) is 0 Å². The molecule has 2 fully saturated rings. The first kappa shape index (κ1) is 15.1. The molecule has 2 bridgehead atoms. The number of alkyl halides is 3. The van der Waals surface area contributed by atoms with Crippen LogP contribution in [0.5, 0.6) is 0 Å². The Balaban J connectivity index is 1.77. The van der Waals surface area contributed by atoms with Crippen molar-refractivity contribution in [2.75, 3.05) is 6.54 Å². The Morgan fingerprint density at radius 1 is 1.16 bits per heavy atom. The van der Waals surface area contributed by atoms with Crippen LogP contribution in [-0.2, 0) is 0 Å². The van der Waals surface area contributed by atoms with Gasteiger partial charge in [0.05, 0.1) is 0 Å². The molecule has 2 aliphatic rings. The SMILES string of the molecule is CC1(C)C(NCCCCC(F)(F)F)[C@]2(C)CC[C@H]1C2. The maximum absolute atomic E-state index is 12.1. The third-order valence-corrected chi connectivity index (χ3v) is 5.51. The number of hydrogen-bond donors (Lipinski definition) is 1. The van der Waals surface area contributed by atoms with E-state index in [1.807, 2.05) is 0 Å². The van der Waals surface area contributed by atoms with Crippen molar-refractivity contribution in [1.82, 2.24) is 5.32 Å². The summed E-state index contributed by atoms with van der Waals surface area (Å²) in [7, 11) is 0. The molecule has 1 nitrogen and oxygen atoms in total. The molecule has 0 aromatic carbocycles. The summed E-state index contributed by atoms with van der Waals surface area (Å²) in [6.07, 6.45) is 0.0637. The average Bonchev–Trinajstić information content (AvgIpc) is 2.71. The lowest BCUT2D eigenvalue weighted by molar-refractivity contribution is -0.135. The van der Waals surface area contributed by atoms with Crippen molar-refractivity contribution in [3.05, 3.63) is 0 Å². The van der Waals surface area contributed by atoms with Gasteiger partial charge in [-0.25, -0.2) is 0 Å². The van der Waals surface area contributed by atoms with Crippen LogP contribution in [-0.4, -0.2) is 18.8 Å². The minimum Gasteiger partial charge on any atom is -0.313 e. The van der Waals surface area contributed by atoms with Crippen LogP contribution in [0.4, 0.5) is 13.2 Å². The highest BCUT2D eigenvalue weighted by atomic mass is 19.4. The van der Waals surface area contributed by atoms with Crippen molar-refractivity contribution in [1.29, 1.82) is 0 Å². The second-order valence-electron chi connectivity index (χ2n) is 7.37. The van der Waals surface area contributed by atoms with Crippen LogP contribution >= 0.6 is 0 Å². The first-order chi connectivity index (χ1) is 8.65. The fourth-order valence-corrected chi connectivity index (χ4v) is 4.51. The highest BCUT2D eigenvalue weighted by molar-refractivity contribution is 5.11. The summed E-state index contributed by atoms with van der Waals surface area (Å²) in [5.41, 5.74) is 0.648. The van der Waals surface area contributed by atoms with Crippen molar-refractivity contribution >= 4 is 0 Å². The minimum atomic E-state index is -4.00. The van der Waals surface area contributed by atoms with Gasteiger partial charge in [0, 0.05) is 12.5 Å². The van der Waals surface area contributed by atoms with Crippen molar-refractivity contribution < 1.29 is 13.2 Å². The molecule has 2 aliphatic carbocycles. The van der Waals surface area contributed by atoms with Crippen LogP contribution < -0.4 is 5.32 Å². The standard InChI is InChI=1S/C15H26F3N/c1-13(2)11-6-8-14(3,10-11)12(13)19-9-5-4-7-15(16,17)18/h11-12,19H,4-10H2,1-3H3/t11-,12?,14+/m0/s1. The Hall–Kier alpha value is -0.250. The lowest BCUT2D eigenvalue weighted by atomic mass is 9.68. The maximum atomic E-state index is 12.1. The molecule has 112 valence electrons. The van der Waals surface area contributed by atoms with Crippen LogP contribution in [0.3, 0.4) is 0 Å². The molecule has 3 atom stereocenters. The molecular weight excluding hydrogens is 251 g/mol. The van der Waals surface area contributed by atoms with Gasteiger partial charge in [-0.05, 0) is 55.4 Å². The summed E-state index contributed by atoms with van der Waals surface area (Å²) in [6, 6.07) is 0.463. The summed E-state index contributed by atoms with van der Waals surface area (Å²) < 4.78 is 36.2. The van der Waals surface area contributed by atoms with Crippen LogP contribution in [0.2, 0.25) is 0 Å². The normalized spacial score (nSPS) is 36.9. The predicted octanol–water partition coefficient (Wildman–Crippen LogP) is 4.52. The van der Waals surface area contributed by atoms with E-state index in [0.29, 0.717) is 24.4 Å². The zero-order valence-corrected chi connectivity index (χ0v) is 12.2. The summed E-state index contributed by atoms with van der Waals surface area (Å²) in [4.78, 5) is 0. The lowest BCUT2D eigenvalue weighted by Crippen LogP contribution is -2.50. The zero-order chi connectivity index (χ0) is 14.3. The molecule has 0 spiro atoms. The summed E-state index contributed by atoms with van der Waals surface area (Å²) in [5.74, 6) is 0.783. The predicted molar refractivity (Wildman–Crippen MR) is 70.9 cm³/mol. The molecule has 0 heterocycles. The second kappa shape index (κ2) is 4.94. The van der Waals surface area contributed by atoms with Crippen molar-refractivity contribution in [3.63, 3.8) is 0 Å². The van der Waals surface area contributed by atoms with Crippen LogP contribution in [0.25, 0.3) is 0 Å². The maximum Gasteiger partial charge on any atom is 0.389 e. The second-order valence-corrected chi connectivity index (χ2v) is 7.37. The number of rotatable bonds is 5. The molecule has 19 heavy (non-hydrogen) atoms. The number of halogens is 3. The van der Waals surface area contributed by atoms with Gasteiger partial charge >= 0.3 is 6.18 Å². The summed E-state index contributed by atoms with van der Waals surface area (Å²) in [6.45, 7) is 7.69. The molecule has 0 amide bonds. The van der Waals surface area contributed by atoms with Gasteiger partial charge in [-0.3, -0.25) is 0 Å². The molecular formula is C15H26F3N. The van der Waals surface area contributed by atoms with Crippen LogP contribution in [0.1, 0.15) is 59.3 Å². The minimum absolute atomic E-state index is 0.240. The van der Waals surface area contributed by atoms with E-state index in [1.54, 1.807) is 0 Å². The van der Waals surface area contributed by atoms with E-state index < -0.39 is 12.6 Å². The quantitative estimate of drug-likeness (QED) is 0.728. The van der Waals surface area contributed by atoms with E-state index in [0.717, 1.165) is 5.92 Å². The average molecular weight is 277 g/mol. The molecule has 2 rings (SSSR count). The number of hydrogen-bond acceptors (Lipinski definition) is 1. The van der Waals surface area contributed by atoms with E-state index in [1.165, 1.54) is 19.3 Å². The summed E-state index contributed by atoms with van der Waals surface area (Å²) in [5, 5.41) is 3.56. The molecule has 1 N–H and O–H groups in total. The molecule has 0 radical (unpaired) electrons. The molecule has 0 aromatic heterocycles. The molecule has 1 unspecified atom stereocenters. The molecule has 4 heteroatoms. The largest absolute Gasteiger partial charge is 0.389 e.